The molecular weight excluding hydrogens is 687 g/mol. The summed E-state index contributed by atoms with van der Waals surface area (Å²) in [6.45, 7) is 10.0. The van der Waals surface area contributed by atoms with Crippen LogP contribution in [0.5, 0.6) is 0 Å². The minimum Gasteiger partial charge on any atom is -0.455 e. The number of para-hydroxylation sites is 1. The van der Waals surface area contributed by atoms with Crippen LogP contribution in [0.2, 0.25) is 26.2 Å². The summed E-state index contributed by atoms with van der Waals surface area (Å²) in [5, 5.41) is 10.9. The van der Waals surface area contributed by atoms with Crippen LogP contribution in [-0.2, 0) is 0 Å². The van der Waals surface area contributed by atoms with Crippen molar-refractivity contribution in [3.8, 4) is 33.4 Å². The Bertz CT molecular complexity index is 3000. The predicted octanol–water partition coefficient (Wildman–Crippen LogP) is 11.5. The summed E-state index contributed by atoms with van der Waals surface area (Å²) in [7, 11) is -3.96. The number of benzene rings is 8. The van der Waals surface area contributed by atoms with Gasteiger partial charge in [0.05, 0.1) is 0 Å². The van der Waals surface area contributed by atoms with Crippen LogP contribution in [-0.4, -0.2) is 16.1 Å². The largest absolute Gasteiger partial charge is 0.455 e. The first kappa shape index (κ1) is 31.6. The van der Waals surface area contributed by atoms with Crippen molar-refractivity contribution in [3.05, 3.63) is 164 Å². The summed E-state index contributed by atoms with van der Waals surface area (Å²) in [6.07, 6.45) is 0. The van der Waals surface area contributed by atoms with Gasteiger partial charge in [0.15, 0.2) is 0 Å². The Morgan fingerprint density at radius 1 is 0.407 bits per heavy atom. The molecule has 0 radical (unpaired) electrons. The topological polar surface area (TPSA) is 16.4 Å². The van der Waals surface area contributed by atoms with Crippen molar-refractivity contribution in [2.75, 3.05) is 4.90 Å². The van der Waals surface area contributed by atoms with Crippen molar-refractivity contribution < 1.29 is 4.42 Å². The Hall–Kier alpha value is -5.95. The van der Waals surface area contributed by atoms with Gasteiger partial charge in [0, 0.05) is 33.4 Å². The van der Waals surface area contributed by atoms with Gasteiger partial charge in [0.1, 0.15) is 27.3 Å². The van der Waals surface area contributed by atoms with Crippen LogP contribution in [0.4, 0.5) is 17.1 Å². The molecule has 0 N–H and O–H groups in total. The highest BCUT2D eigenvalue weighted by Gasteiger charge is 2.41. The molecule has 0 amide bonds. The van der Waals surface area contributed by atoms with E-state index < -0.39 is 16.1 Å². The van der Waals surface area contributed by atoms with Crippen LogP contribution in [0.1, 0.15) is 0 Å². The third kappa shape index (κ3) is 4.38. The molecule has 3 heterocycles. The molecule has 0 saturated heterocycles. The lowest BCUT2D eigenvalue weighted by molar-refractivity contribution is 0.670. The standard InChI is InChI=1S/C50H39NOSi2/c1-53(2)45-19-10-8-16-40(45)41-26-24-35(30-47(41)53)51(34-22-20-33(21-23-34)38-17-11-13-32-12-5-6-14-37(32)38)36-25-27-43-48(31-36)54(3,4)46-29-28-42-39-15-7-9-18-44(39)52-50(42)49(43)46/h5-31H,1-4H3. The smallest absolute Gasteiger partial charge is 0.143 e. The summed E-state index contributed by atoms with van der Waals surface area (Å²) in [6, 6.07) is 61.1. The molecule has 258 valence electrons. The zero-order valence-electron chi connectivity index (χ0n) is 30.9. The van der Waals surface area contributed by atoms with Gasteiger partial charge in [-0.3, -0.25) is 0 Å². The van der Waals surface area contributed by atoms with Gasteiger partial charge in [-0.1, -0.05) is 148 Å². The summed E-state index contributed by atoms with van der Waals surface area (Å²) in [5.74, 6) is 0. The summed E-state index contributed by atoms with van der Waals surface area (Å²) in [5.41, 5.74) is 13.4. The monoisotopic (exact) mass is 725 g/mol. The molecule has 8 aromatic carbocycles. The Morgan fingerprint density at radius 2 is 1.00 bits per heavy atom. The molecule has 2 nitrogen and oxygen atoms in total. The minimum absolute atomic E-state index is 0.953. The first-order valence-corrected chi connectivity index (χ1v) is 25.0. The van der Waals surface area contributed by atoms with E-state index in [2.05, 4.69) is 195 Å². The highest BCUT2D eigenvalue weighted by molar-refractivity contribution is 7.04. The number of hydrogen-bond donors (Lipinski definition) is 0. The number of nitrogens with zero attached hydrogens (tertiary/aromatic N) is 1. The maximum atomic E-state index is 6.64. The minimum atomic E-state index is -2.07. The number of fused-ring (bicyclic) bond motifs is 11. The van der Waals surface area contributed by atoms with Gasteiger partial charge in [-0.25, -0.2) is 0 Å². The molecule has 11 rings (SSSR count). The Labute approximate surface area is 318 Å². The zero-order chi connectivity index (χ0) is 36.3. The number of anilines is 3. The molecule has 0 fully saturated rings. The molecule has 54 heavy (non-hydrogen) atoms. The van der Waals surface area contributed by atoms with E-state index in [1.807, 2.05) is 0 Å². The van der Waals surface area contributed by atoms with E-state index in [9.17, 15) is 0 Å². The van der Waals surface area contributed by atoms with Gasteiger partial charge in [-0.15, -0.1) is 0 Å². The fraction of sp³-hybridized carbons (Fsp3) is 0.0800. The van der Waals surface area contributed by atoms with Crippen LogP contribution in [0.25, 0.3) is 66.1 Å². The van der Waals surface area contributed by atoms with Crippen molar-refractivity contribution in [2.45, 2.75) is 26.2 Å². The molecule has 1 aromatic heterocycles. The molecule has 0 saturated carbocycles. The molecule has 0 spiro atoms. The second kappa shape index (κ2) is 11.3. The lowest BCUT2D eigenvalue weighted by Gasteiger charge is -2.29. The number of hydrogen-bond acceptors (Lipinski definition) is 2. The quantitative estimate of drug-likeness (QED) is 0.168. The molecule has 0 aliphatic carbocycles. The maximum Gasteiger partial charge on any atom is 0.143 e. The average molecular weight is 726 g/mol. The highest BCUT2D eigenvalue weighted by Crippen LogP contribution is 2.43. The third-order valence-corrected chi connectivity index (χ3v) is 19.5. The van der Waals surface area contributed by atoms with Gasteiger partial charge >= 0.3 is 0 Å². The zero-order valence-corrected chi connectivity index (χ0v) is 32.9. The van der Waals surface area contributed by atoms with Gasteiger partial charge in [-0.2, -0.15) is 0 Å². The molecule has 4 heteroatoms. The highest BCUT2D eigenvalue weighted by atomic mass is 28.3. The number of rotatable bonds is 4. The average Bonchev–Trinajstić information content (AvgIpc) is 3.78. The van der Waals surface area contributed by atoms with Crippen molar-refractivity contribution in [1.29, 1.82) is 0 Å². The van der Waals surface area contributed by atoms with Crippen molar-refractivity contribution in [3.63, 3.8) is 0 Å². The third-order valence-electron chi connectivity index (χ3n) is 12.5. The fourth-order valence-corrected chi connectivity index (χ4v) is 15.8. The van der Waals surface area contributed by atoms with Gasteiger partial charge in [-0.05, 0) is 102 Å². The van der Waals surface area contributed by atoms with E-state index in [0.717, 1.165) is 16.9 Å². The molecule has 9 aromatic rings. The fourth-order valence-electron chi connectivity index (χ4n) is 9.67. The van der Waals surface area contributed by atoms with E-state index >= 15 is 0 Å². The van der Waals surface area contributed by atoms with E-state index in [0.29, 0.717) is 0 Å². The van der Waals surface area contributed by atoms with Gasteiger partial charge in [0.25, 0.3) is 0 Å². The van der Waals surface area contributed by atoms with E-state index in [-0.39, 0.29) is 0 Å². The summed E-state index contributed by atoms with van der Waals surface area (Å²) >= 11 is 0. The van der Waals surface area contributed by atoms with Crippen LogP contribution in [0.3, 0.4) is 0 Å². The van der Waals surface area contributed by atoms with Crippen molar-refractivity contribution in [2.24, 2.45) is 0 Å². The molecule has 0 bridgehead atoms. The van der Waals surface area contributed by atoms with E-state index in [1.54, 1.807) is 0 Å². The van der Waals surface area contributed by atoms with Crippen LogP contribution >= 0.6 is 0 Å². The SMILES string of the molecule is C[Si]1(C)c2ccccc2-c2ccc(N(c3ccc(-c4cccc5ccccc45)cc3)c3ccc4c(c3)[Si](C)(C)c3ccc5c(oc6ccccc65)c3-4)cc21. The van der Waals surface area contributed by atoms with Crippen molar-refractivity contribution in [1.82, 2.24) is 0 Å². The predicted molar refractivity (Wildman–Crippen MR) is 236 cm³/mol. The normalized spacial score (nSPS) is 14.6. The van der Waals surface area contributed by atoms with Gasteiger partial charge < -0.3 is 9.32 Å². The second-order valence-electron chi connectivity index (χ2n) is 16.1. The second-order valence-corrected chi connectivity index (χ2v) is 24.8. The summed E-state index contributed by atoms with van der Waals surface area (Å²) < 4.78 is 6.64. The number of furan rings is 1. The first-order valence-electron chi connectivity index (χ1n) is 19.0. The first-order chi connectivity index (χ1) is 26.3. The Balaban J connectivity index is 1.09. The lowest BCUT2D eigenvalue weighted by Crippen LogP contribution is -2.49. The molecular formula is C50H39NOSi2. The summed E-state index contributed by atoms with van der Waals surface area (Å²) in [4.78, 5) is 2.49. The molecule has 2 aliphatic heterocycles. The Kier molecular flexibility index (Phi) is 6.60. The lowest BCUT2D eigenvalue weighted by atomic mass is 9.98. The van der Waals surface area contributed by atoms with Crippen molar-refractivity contribution >= 4 is 86.7 Å². The van der Waals surface area contributed by atoms with Crippen LogP contribution in [0, 0.1) is 0 Å². The molecule has 0 atom stereocenters. The maximum absolute atomic E-state index is 6.64. The van der Waals surface area contributed by atoms with Crippen LogP contribution < -0.4 is 25.6 Å². The Morgan fingerprint density at radius 3 is 1.81 bits per heavy atom. The van der Waals surface area contributed by atoms with Gasteiger partial charge in [0.2, 0.25) is 0 Å². The molecule has 0 unspecified atom stereocenters. The van der Waals surface area contributed by atoms with E-state index in [4.69, 9.17) is 4.42 Å². The van der Waals surface area contributed by atoms with E-state index in [1.165, 1.54) is 87.0 Å². The molecule has 2 aliphatic rings. The van der Waals surface area contributed by atoms with Crippen LogP contribution in [0.15, 0.2) is 168 Å².